The Morgan fingerprint density at radius 1 is 0.767 bits per heavy atom. The second-order valence-corrected chi connectivity index (χ2v) is 6.99. The number of alkyl halides is 1. The number of hydrogen-bond acceptors (Lipinski definition) is 4. The minimum Gasteiger partial charge on any atom is -0.267 e. The van der Waals surface area contributed by atoms with Gasteiger partial charge in [0, 0.05) is 22.0 Å². The molecule has 2 amide bonds. The number of nitrogens with zero attached hydrogens (tertiary/aromatic N) is 4. The second kappa shape index (κ2) is 8.84. The van der Waals surface area contributed by atoms with Crippen LogP contribution in [0.15, 0.2) is 91.0 Å². The van der Waals surface area contributed by atoms with Crippen molar-refractivity contribution in [1.82, 2.24) is 15.1 Å². The molecular formula is C23H17BrN4O2. The summed E-state index contributed by atoms with van der Waals surface area (Å²) in [5, 5.41) is 9.83. The maximum Gasteiger partial charge on any atom is 0.281 e. The molecule has 0 radical (unpaired) electrons. The zero-order chi connectivity index (χ0) is 20.9. The van der Waals surface area contributed by atoms with Crippen molar-refractivity contribution >= 4 is 27.7 Å². The van der Waals surface area contributed by atoms with Gasteiger partial charge in [0.25, 0.3) is 11.8 Å². The number of benzene rings is 3. The third-order valence-corrected chi connectivity index (χ3v) is 5.06. The highest BCUT2D eigenvalue weighted by atomic mass is 79.9. The lowest BCUT2D eigenvalue weighted by Gasteiger charge is -2.22. The van der Waals surface area contributed by atoms with Crippen LogP contribution in [0.3, 0.4) is 0 Å². The summed E-state index contributed by atoms with van der Waals surface area (Å²) in [6.45, 7) is 0. The van der Waals surface area contributed by atoms with Gasteiger partial charge in [-0.2, -0.15) is 5.01 Å². The average Bonchev–Trinajstić information content (AvgIpc) is 3.24. The van der Waals surface area contributed by atoms with Gasteiger partial charge in [-0.15, -0.1) is 9.89 Å². The minimum atomic E-state index is -0.490. The van der Waals surface area contributed by atoms with E-state index in [4.69, 9.17) is 0 Å². The Labute approximate surface area is 181 Å². The lowest BCUT2D eigenvalue weighted by molar-refractivity contribution is 0.0846. The van der Waals surface area contributed by atoms with Gasteiger partial charge in [-0.05, 0) is 29.5 Å². The van der Waals surface area contributed by atoms with E-state index in [2.05, 4.69) is 26.2 Å². The first-order valence-electron chi connectivity index (χ1n) is 9.26. The van der Waals surface area contributed by atoms with Crippen molar-refractivity contribution in [1.29, 1.82) is 0 Å². The summed E-state index contributed by atoms with van der Waals surface area (Å²) in [7, 11) is 0. The van der Waals surface area contributed by atoms with Crippen molar-refractivity contribution in [3.8, 4) is 11.3 Å². The standard InChI is InChI=1S/C23H17BrN4O2/c24-16-20-21(17-10-4-1-5-11-17)25-26-28(20)27(22(29)18-12-6-2-7-13-18)23(30)19-14-8-3-9-15-19/h1-15H,16H2. The Bertz CT molecular complexity index is 1110. The SMILES string of the molecule is O=C(c1ccccc1)N(C(=O)c1ccccc1)n1nnc(-c2ccccc2)c1CBr. The van der Waals surface area contributed by atoms with Gasteiger partial charge in [-0.3, -0.25) is 9.59 Å². The Morgan fingerprint density at radius 2 is 1.23 bits per heavy atom. The monoisotopic (exact) mass is 460 g/mol. The normalized spacial score (nSPS) is 10.6. The van der Waals surface area contributed by atoms with Crippen LogP contribution in [0, 0.1) is 0 Å². The molecule has 30 heavy (non-hydrogen) atoms. The molecule has 0 saturated heterocycles. The molecule has 4 rings (SSSR count). The fourth-order valence-corrected chi connectivity index (χ4v) is 3.55. The third kappa shape index (κ3) is 3.79. The number of amides is 2. The van der Waals surface area contributed by atoms with Gasteiger partial charge in [-0.1, -0.05) is 82.7 Å². The molecule has 0 spiro atoms. The van der Waals surface area contributed by atoms with Crippen LogP contribution in [0.25, 0.3) is 11.3 Å². The molecule has 0 N–H and O–H groups in total. The highest BCUT2D eigenvalue weighted by Gasteiger charge is 2.30. The van der Waals surface area contributed by atoms with E-state index < -0.39 is 11.8 Å². The lowest BCUT2D eigenvalue weighted by atomic mass is 10.1. The molecule has 148 valence electrons. The molecule has 0 bridgehead atoms. The Kier molecular flexibility index (Phi) is 5.81. The number of hydrogen-bond donors (Lipinski definition) is 0. The van der Waals surface area contributed by atoms with Crippen molar-refractivity contribution < 1.29 is 9.59 Å². The number of aromatic nitrogens is 3. The molecule has 0 fully saturated rings. The summed E-state index contributed by atoms with van der Waals surface area (Å²) in [5.41, 5.74) is 2.78. The first-order valence-corrected chi connectivity index (χ1v) is 10.4. The molecule has 0 aliphatic carbocycles. The molecule has 6 nitrogen and oxygen atoms in total. The number of carbonyl (C=O) groups excluding carboxylic acids is 2. The highest BCUT2D eigenvalue weighted by Crippen LogP contribution is 2.24. The van der Waals surface area contributed by atoms with Crippen molar-refractivity contribution in [2.75, 3.05) is 5.01 Å². The summed E-state index contributed by atoms with van der Waals surface area (Å²) in [5.74, 6) is -0.979. The molecule has 7 heteroatoms. The van der Waals surface area contributed by atoms with Crippen molar-refractivity contribution in [2.24, 2.45) is 0 Å². The van der Waals surface area contributed by atoms with E-state index in [1.165, 1.54) is 4.79 Å². The van der Waals surface area contributed by atoms with Gasteiger partial charge < -0.3 is 0 Å². The smallest absolute Gasteiger partial charge is 0.267 e. The molecule has 1 heterocycles. The van der Waals surface area contributed by atoms with E-state index in [1.54, 1.807) is 48.5 Å². The maximum absolute atomic E-state index is 13.4. The van der Waals surface area contributed by atoms with Crippen LogP contribution in [0.4, 0.5) is 0 Å². The Hall–Kier alpha value is -3.58. The number of rotatable bonds is 5. The maximum atomic E-state index is 13.4. The molecule has 0 unspecified atom stereocenters. The topological polar surface area (TPSA) is 68.1 Å². The summed E-state index contributed by atoms with van der Waals surface area (Å²) in [6.07, 6.45) is 0. The predicted molar refractivity (Wildman–Crippen MR) is 118 cm³/mol. The molecule has 1 aromatic heterocycles. The van der Waals surface area contributed by atoms with E-state index in [0.29, 0.717) is 27.8 Å². The molecule has 0 atom stereocenters. The summed E-state index contributed by atoms with van der Waals surface area (Å²) in [6, 6.07) is 26.8. The Morgan fingerprint density at radius 3 is 1.70 bits per heavy atom. The van der Waals surface area contributed by atoms with Crippen molar-refractivity contribution in [3.05, 3.63) is 108 Å². The number of carbonyl (C=O) groups is 2. The predicted octanol–water partition coefficient (Wildman–Crippen LogP) is 4.46. The van der Waals surface area contributed by atoms with Crippen LogP contribution >= 0.6 is 15.9 Å². The van der Waals surface area contributed by atoms with Gasteiger partial charge in [-0.25, -0.2) is 0 Å². The van der Waals surface area contributed by atoms with Gasteiger partial charge in [0.05, 0.1) is 0 Å². The molecule has 0 aliphatic rings. The number of halogens is 1. The van der Waals surface area contributed by atoms with Crippen LogP contribution in [-0.2, 0) is 5.33 Å². The average molecular weight is 461 g/mol. The second-order valence-electron chi connectivity index (χ2n) is 6.43. The summed E-state index contributed by atoms with van der Waals surface area (Å²) < 4.78 is 0. The molecule has 4 aromatic rings. The van der Waals surface area contributed by atoms with Gasteiger partial charge in [0.15, 0.2) is 0 Å². The summed E-state index contributed by atoms with van der Waals surface area (Å²) >= 11 is 3.46. The zero-order valence-corrected chi connectivity index (χ0v) is 17.4. The van der Waals surface area contributed by atoms with Crippen LogP contribution in [0.1, 0.15) is 26.4 Å². The van der Waals surface area contributed by atoms with Gasteiger partial charge in [0.1, 0.15) is 11.4 Å². The van der Waals surface area contributed by atoms with Gasteiger partial charge >= 0.3 is 0 Å². The van der Waals surface area contributed by atoms with Crippen LogP contribution in [0.5, 0.6) is 0 Å². The summed E-state index contributed by atoms with van der Waals surface area (Å²) in [4.78, 5) is 28.0. The fourth-order valence-electron chi connectivity index (χ4n) is 3.06. The molecule has 3 aromatic carbocycles. The largest absolute Gasteiger partial charge is 0.281 e. The third-order valence-electron chi connectivity index (χ3n) is 4.53. The first kappa shape index (κ1) is 19.7. The quantitative estimate of drug-likeness (QED) is 0.325. The highest BCUT2D eigenvalue weighted by molar-refractivity contribution is 9.08. The zero-order valence-electron chi connectivity index (χ0n) is 15.9. The first-order chi connectivity index (χ1) is 14.7. The molecule has 0 aliphatic heterocycles. The Balaban J connectivity index is 1.85. The van der Waals surface area contributed by atoms with E-state index >= 15 is 0 Å². The fraction of sp³-hybridized carbons (Fsp3) is 0.0435. The van der Waals surface area contributed by atoms with Crippen molar-refractivity contribution in [3.63, 3.8) is 0 Å². The van der Waals surface area contributed by atoms with Crippen LogP contribution in [0.2, 0.25) is 0 Å². The van der Waals surface area contributed by atoms with Crippen LogP contribution in [-0.4, -0.2) is 26.9 Å². The van der Waals surface area contributed by atoms with Crippen LogP contribution < -0.4 is 5.01 Å². The van der Waals surface area contributed by atoms with Gasteiger partial charge in [0.2, 0.25) is 0 Å². The molecular weight excluding hydrogens is 444 g/mol. The van der Waals surface area contributed by atoms with E-state index in [-0.39, 0.29) is 0 Å². The molecule has 0 saturated carbocycles. The van der Waals surface area contributed by atoms with E-state index in [9.17, 15) is 9.59 Å². The van der Waals surface area contributed by atoms with E-state index in [1.807, 2.05) is 42.5 Å². The number of imide groups is 1. The lowest BCUT2D eigenvalue weighted by Crippen LogP contribution is -2.47. The van der Waals surface area contributed by atoms with Crippen molar-refractivity contribution in [2.45, 2.75) is 5.33 Å². The van der Waals surface area contributed by atoms with E-state index in [0.717, 1.165) is 10.6 Å². The minimum absolute atomic E-state index is 0.352.